The summed E-state index contributed by atoms with van der Waals surface area (Å²) < 4.78 is 0. The van der Waals surface area contributed by atoms with Gasteiger partial charge in [0.1, 0.15) is 5.01 Å². The largest absolute Gasteiger partial charge is 0.321 e. The predicted molar refractivity (Wildman–Crippen MR) is 117 cm³/mol. The van der Waals surface area contributed by atoms with Crippen LogP contribution in [0.3, 0.4) is 0 Å². The molecule has 0 fully saturated rings. The van der Waals surface area contributed by atoms with Gasteiger partial charge in [-0.3, -0.25) is 14.9 Å². The molecule has 150 valence electrons. The van der Waals surface area contributed by atoms with Crippen LogP contribution in [0.25, 0.3) is 0 Å². The second-order valence-corrected chi connectivity index (χ2v) is 8.70. The summed E-state index contributed by atoms with van der Waals surface area (Å²) in [5.74, 6) is -0.613. The number of aromatic nitrogens is 2. The Morgan fingerprint density at radius 2 is 1.62 bits per heavy atom. The van der Waals surface area contributed by atoms with Crippen molar-refractivity contribution < 1.29 is 9.59 Å². The summed E-state index contributed by atoms with van der Waals surface area (Å²) in [4.78, 5) is 25.4. The van der Waals surface area contributed by atoms with Crippen molar-refractivity contribution in [1.29, 1.82) is 0 Å². The third kappa shape index (κ3) is 5.06. The Morgan fingerprint density at radius 1 is 0.931 bits per heavy atom. The van der Waals surface area contributed by atoms with Crippen molar-refractivity contribution in [3.05, 3.63) is 70.2 Å². The van der Waals surface area contributed by atoms with E-state index in [1.54, 1.807) is 36.4 Å². The molecule has 29 heavy (non-hydrogen) atoms. The number of carbonyl (C=O) groups excluding carboxylic acids is 2. The van der Waals surface area contributed by atoms with Crippen LogP contribution in [0.1, 0.15) is 59.0 Å². The van der Waals surface area contributed by atoms with Gasteiger partial charge in [0.2, 0.25) is 5.13 Å². The topological polar surface area (TPSA) is 84.0 Å². The normalized spacial score (nSPS) is 11.2. The van der Waals surface area contributed by atoms with Gasteiger partial charge in [-0.25, -0.2) is 0 Å². The number of benzene rings is 2. The molecule has 7 heteroatoms. The quantitative estimate of drug-likeness (QED) is 0.629. The molecule has 0 unspecified atom stereocenters. The van der Waals surface area contributed by atoms with Crippen molar-refractivity contribution in [3.8, 4) is 0 Å². The molecule has 0 saturated heterocycles. The van der Waals surface area contributed by atoms with Crippen LogP contribution >= 0.6 is 11.3 Å². The van der Waals surface area contributed by atoms with Gasteiger partial charge in [0.15, 0.2) is 0 Å². The first-order valence-corrected chi connectivity index (χ1v) is 10.2. The Bertz CT molecular complexity index is 1020. The number of para-hydroxylation sites is 1. The minimum Gasteiger partial charge on any atom is -0.321 e. The van der Waals surface area contributed by atoms with Gasteiger partial charge in [0.25, 0.3) is 11.8 Å². The highest BCUT2D eigenvalue weighted by molar-refractivity contribution is 7.15. The molecule has 0 radical (unpaired) electrons. The van der Waals surface area contributed by atoms with Gasteiger partial charge in [0.05, 0.1) is 11.3 Å². The number of aryl methyl sites for hydroxylation is 1. The van der Waals surface area contributed by atoms with Crippen LogP contribution in [-0.4, -0.2) is 22.0 Å². The van der Waals surface area contributed by atoms with Crippen LogP contribution in [0.4, 0.5) is 10.8 Å². The molecule has 0 aliphatic heterocycles. The van der Waals surface area contributed by atoms with E-state index in [0.29, 0.717) is 21.9 Å². The summed E-state index contributed by atoms with van der Waals surface area (Å²) in [5, 5.41) is 14.8. The Kier molecular flexibility index (Phi) is 6.08. The number of amides is 2. The van der Waals surface area contributed by atoms with E-state index < -0.39 is 0 Å². The number of nitrogens with zero attached hydrogens (tertiary/aromatic N) is 2. The fourth-order valence-electron chi connectivity index (χ4n) is 2.72. The molecule has 2 amide bonds. The standard InChI is InChI=1S/C22H24N4O2S/c1-5-18-25-26-21(29-18)24-20(28)16-8-6-7-9-17(16)23-19(27)14-10-12-15(13-11-14)22(2,3)4/h6-13H,5H2,1-4H3,(H,23,27)(H,24,26,28). The molecule has 6 nitrogen and oxygen atoms in total. The summed E-state index contributed by atoms with van der Waals surface area (Å²) in [5.41, 5.74) is 2.50. The van der Waals surface area contributed by atoms with E-state index in [2.05, 4.69) is 41.6 Å². The Labute approximate surface area is 174 Å². The molecule has 3 rings (SSSR count). The lowest BCUT2D eigenvalue weighted by molar-refractivity contribution is 0.102. The molecule has 1 aromatic heterocycles. The van der Waals surface area contributed by atoms with Crippen molar-refractivity contribution in [2.75, 3.05) is 10.6 Å². The first kappa shape index (κ1) is 20.7. The summed E-state index contributed by atoms with van der Waals surface area (Å²) in [6.45, 7) is 8.35. The summed E-state index contributed by atoms with van der Waals surface area (Å²) in [6, 6.07) is 14.4. The fourth-order valence-corrected chi connectivity index (χ4v) is 3.39. The molecular weight excluding hydrogens is 384 g/mol. The number of anilines is 2. The molecular formula is C22H24N4O2S. The van der Waals surface area contributed by atoms with E-state index in [1.807, 2.05) is 19.1 Å². The van der Waals surface area contributed by atoms with Crippen molar-refractivity contribution in [2.45, 2.75) is 39.5 Å². The zero-order valence-electron chi connectivity index (χ0n) is 16.9. The number of carbonyl (C=O) groups is 2. The van der Waals surface area contributed by atoms with Gasteiger partial charge in [-0.2, -0.15) is 0 Å². The van der Waals surface area contributed by atoms with E-state index in [0.717, 1.165) is 17.0 Å². The average molecular weight is 409 g/mol. The highest BCUT2D eigenvalue weighted by atomic mass is 32.1. The van der Waals surface area contributed by atoms with Crippen molar-refractivity contribution in [1.82, 2.24) is 10.2 Å². The van der Waals surface area contributed by atoms with E-state index in [-0.39, 0.29) is 17.2 Å². The first-order chi connectivity index (χ1) is 13.8. The monoisotopic (exact) mass is 408 g/mol. The number of nitrogens with one attached hydrogen (secondary N) is 2. The summed E-state index contributed by atoms with van der Waals surface area (Å²) >= 11 is 1.33. The van der Waals surface area contributed by atoms with Crippen molar-refractivity contribution in [2.24, 2.45) is 0 Å². The lowest BCUT2D eigenvalue weighted by Gasteiger charge is -2.19. The van der Waals surface area contributed by atoms with Crippen LogP contribution < -0.4 is 10.6 Å². The zero-order valence-corrected chi connectivity index (χ0v) is 17.8. The number of hydrogen-bond acceptors (Lipinski definition) is 5. The highest BCUT2D eigenvalue weighted by Gasteiger charge is 2.17. The van der Waals surface area contributed by atoms with Crippen LogP contribution in [0.5, 0.6) is 0 Å². The minimum atomic E-state index is -0.345. The minimum absolute atomic E-state index is 0.0159. The highest BCUT2D eigenvalue weighted by Crippen LogP contribution is 2.23. The second-order valence-electron chi connectivity index (χ2n) is 7.64. The molecule has 3 aromatic rings. The van der Waals surface area contributed by atoms with Gasteiger partial charge < -0.3 is 5.32 Å². The fraction of sp³-hybridized carbons (Fsp3) is 0.273. The molecule has 2 aromatic carbocycles. The Balaban J connectivity index is 1.76. The molecule has 0 atom stereocenters. The third-order valence-corrected chi connectivity index (χ3v) is 5.41. The Hall–Kier alpha value is -3.06. The van der Waals surface area contributed by atoms with E-state index in [4.69, 9.17) is 0 Å². The van der Waals surface area contributed by atoms with E-state index in [1.165, 1.54) is 11.3 Å². The third-order valence-electron chi connectivity index (χ3n) is 4.42. The lowest BCUT2D eigenvalue weighted by atomic mass is 9.86. The zero-order chi connectivity index (χ0) is 21.0. The lowest BCUT2D eigenvalue weighted by Crippen LogP contribution is -2.18. The van der Waals surface area contributed by atoms with Gasteiger partial charge in [-0.05, 0) is 41.7 Å². The maximum absolute atomic E-state index is 12.7. The van der Waals surface area contributed by atoms with Gasteiger partial charge >= 0.3 is 0 Å². The summed E-state index contributed by atoms with van der Waals surface area (Å²) in [7, 11) is 0. The van der Waals surface area contributed by atoms with Crippen LogP contribution in [0.15, 0.2) is 48.5 Å². The van der Waals surface area contributed by atoms with Crippen LogP contribution in [-0.2, 0) is 11.8 Å². The molecule has 2 N–H and O–H groups in total. The summed E-state index contributed by atoms with van der Waals surface area (Å²) in [6.07, 6.45) is 0.758. The number of rotatable bonds is 5. The molecule has 0 aliphatic rings. The molecule has 0 saturated carbocycles. The maximum Gasteiger partial charge on any atom is 0.259 e. The van der Waals surface area contributed by atoms with Crippen molar-refractivity contribution >= 4 is 34.0 Å². The molecule has 0 aliphatic carbocycles. The van der Waals surface area contributed by atoms with E-state index in [9.17, 15) is 9.59 Å². The Morgan fingerprint density at radius 3 is 2.24 bits per heavy atom. The van der Waals surface area contributed by atoms with Gasteiger partial charge in [-0.15, -0.1) is 10.2 Å². The van der Waals surface area contributed by atoms with E-state index >= 15 is 0 Å². The van der Waals surface area contributed by atoms with Crippen LogP contribution in [0, 0.1) is 0 Å². The number of hydrogen-bond donors (Lipinski definition) is 2. The molecule has 1 heterocycles. The maximum atomic E-state index is 12.7. The SMILES string of the molecule is CCc1nnc(NC(=O)c2ccccc2NC(=O)c2ccc(C(C)(C)C)cc2)s1. The van der Waals surface area contributed by atoms with Gasteiger partial charge in [-0.1, -0.05) is 63.3 Å². The van der Waals surface area contributed by atoms with Crippen LogP contribution in [0.2, 0.25) is 0 Å². The smallest absolute Gasteiger partial charge is 0.259 e. The average Bonchev–Trinajstić information content (AvgIpc) is 3.15. The molecule has 0 bridgehead atoms. The molecule has 0 spiro atoms. The first-order valence-electron chi connectivity index (χ1n) is 9.42. The second kappa shape index (κ2) is 8.53. The predicted octanol–water partition coefficient (Wildman–Crippen LogP) is 4.90. The van der Waals surface area contributed by atoms with Gasteiger partial charge in [0, 0.05) is 5.56 Å². The van der Waals surface area contributed by atoms with Crippen molar-refractivity contribution in [3.63, 3.8) is 0 Å².